The third-order valence-corrected chi connectivity index (χ3v) is 3.91. The molecule has 6 heteroatoms. The van der Waals surface area contributed by atoms with Gasteiger partial charge in [-0.2, -0.15) is 0 Å². The van der Waals surface area contributed by atoms with E-state index in [1.165, 1.54) is 11.3 Å². The van der Waals surface area contributed by atoms with Crippen molar-refractivity contribution in [2.75, 3.05) is 17.7 Å². The molecule has 1 aromatic carbocycles. The topological polar surface area (TPSA) is 69.6 Å². The number of carboxylic acid groups (broad SMARTS) is 1. The summed E-state index contributed by atoms with van der Waals surface area (Å²) in [5, 5.41) is 22.2. The van der Waals surface area contributed by atoms with E-state index in [9.17, 15) is 9.90 Å². The number of benzene rings is 1. The van der Waals surface area contributed by atoms with E-state index in [1.54, 1.807) is 6.07 Å². The van der Waals surface area contributed by atoms with E-state index in [1.807, 2.05) is 18.2 Å². The molecule has 0 fully saturated rings. The molecule has 0 aliphatic rings. The highest BCUT2D eigenvalue weighted by Gasteiger charge is 2.09. The molecule has 0 saturated carbocycles. The molecular weight excluding hydrogens is 274 g/mol. The molecule has 0 aliphatic carbocycles. The molecule has 0 bridgehead atoms. The molecule has 1 heterocycles. The predicted octanol–water partition coefficient (Wildman–Crippen LogP) is 2.61. The maximum atomic E-state index is 10.9. The second kappa shape index (κ2) is 5.56. The van der Waals surface area contributed by atoms with Crippen molar-refractivity contribution >= 4 is 44.7 Å². The SMILES string of the molecule is O=C(O)c1cc2cc(NCC(O)CCl)ccc2s1. The number of alkyl halides is 1. The molecule has 18 heavy (non-hydrogen) atoms. The molecule has 0 amide bonds. The Morgan fingerprint density at radius 1 is 1.44 bits per heavy atom. The van der Waals surface area contributed by atoms with Crippen LogP contribution in [0, 0.1) is 0 Å². The molecule has 1 aromatic heterocycles. The molecule has 0 spiro atoms. The van der Waals surface area contributed by atoms with Gasteiger partial charge in [-0.1, -0.05) is 0 Å². The molecule has 0 aliphatic heterocycles. The van der Waals surface area contributed by atoms with Crippen LogP contribution in [0.5, 0.6) is 0 Å². The fourth-order valence-electron chi connectivity index (χ4n) is 1.55. The summed E-state index contributed by atoms with van der Waals surface area (Å²) >= 11 is 6.74. The van der Waals surface area contributed by atoms with Gasteiger partial charge in [0, 0.05) is 16.9 Å². The van der Waals surface area contributed by atoms with Crippen LogP contribution in [0.1, 0.15) is 9.67 Å². The number of halogens is 1. The molecule has 2 rings (SSSR count). The molecule has 4 nitrogen and oxygen atoms in total. The molecule has 96 valence electrons. The largest absolute Gasteiger partial charge is 0.477 e. The number of thiophene rings is 1. The number of anilines is 1. The summed E-state index contributed by atoms with van der Waals surface area (Å²) in [6.45, 7) is 0.366. The van der Waals surface area contributed by atoms with Gasteiger partial charge in [-0.25, -0.2) is 4.79 Å². The molecule has 0 saturated heterocycles. The lowest BCUT2D eigenvalue weighted by Gasteiger charge is -2.09. The number of aliphatic hydroxyl groups excluding tert-OH is 1. The Morgan fingerprint density at radius 2 is 2.22 bits per heavy atom. The summed E-state index contributed by atoms with van der Waals surface area (Å²) in [6, 6.07) is 7.22. The lowest BCUT2D eigenvalue weighted by atomic mass is 10.2. The van der Waals surface area contributed by atoms with Crippen molar-refractivity contribution in [1.29, 1.82) is 0 Å². The van der Waals surface area contributed by atoms with Crippen molar-refractivity contribution in [1.82, 2.24) is 0 Å². The first-order valence-corrected chi connectivity index (χ1v) is 6.70. The lowest BCUT2D eigenvalue weighted by molar-refractivity contribution is 0.0702. The van der Waals surface area contributed by atoms with Crippen LogP contribution < -0.4 is 5.32 Å². The van der Waals surface area contributed by atoms with E-state index in [2.05, 4.69) is 5.32 Å². The van der Waals surface area contributed by atoms with E-state index >= 15 is 0 Å². The average molecular weight is 286 g/mol. The highest BCUT2D eigenvalue weighted by atomic mass is 35.5. The van der Waals surface area contributed by atoms with Crippen LogP contribution in [0.4, 0.5) is 5.69 Å². The first kappa shape index (κ1) is 13.1. The minimum absolute atomic E-state index is 0.177. The lowest BCUT2D eigenvalue weighted by Crippen LogP contribution is -2.20. The van der Waals surface area contributed by atoms with E-state index < -0.39 is 12.1 Å². The predicted molar refractivity (Wildman–Crippen MR) is 74.0 cm³/mol. The van der Waals surface area contributed by atoms with Crippen LogP contribution in [0.2, 0.25) is 0 Å². The minimum atomic E-state index is -0.914. The van der Waals surface area contributed by atoms with Crippen LogP contribution in [0.3, 0.4) is 0 Å². The first-order valence-electron chi connectivity index (χ1n) is 5.35. The fourth-order valence-corrected chi connectivity index (χ4v) is 2.54. The van der Waals surface area contributed by atoms with Crippen LogP contribution in [0.15, 0.2) is 24.3 Å². The average Bonchev–Trinajstić information content (AvgIpc) is 2.79. The number of aliphatic hydroxyl groups is 1. The molecule has 0 radical (unpaired) electrons. The Kier molecular flexibility index (Phi) is 4.06. The van der Waals surface area contributed by atoms with Crippen molar-refractivity contribution < 1.29 is 15.0 Å². The molecular formula is C12H12ClNO3S. The second-order valence-corrected chi connectivity index (χ2v) is 5.25. The smallest absolute Gasteiger partial charge is 0.345 e. The minimum Gasteiger partial charge on any atom is -0.477 e. The number of nitrogens with one attached hydrogen (secondary N) is 1. The van der Waals surface area contributed by atoms with Gasteiger partial charge in [0.05, 0.1) is 12.0 Å². The Bertz CT molecular complexity index is 569. The zero-order valence-corrected chi connectivity index (χ0v) is 11.0. The highest BCUT2D eigenvalue weighted by Crippen LogP contribution is 2.28. The Morgan fingerprint density at radius 3 is 2.89 bits per heavy atom. The number of hydrogen-bond donors (Lipinski definition) is 3. The van der Waals surface area contributed by atoms with E-state index in [-0.39, 0.29) is 5.88 Å². The zero-order valence-electron chi connectivity index (χ0n) is 9.39. The Hall–Kier alpha value is -1.30. The number of carboxylic acids is 1. The molecule has 3 N–H and O–H groups in total. The second-order valence-electron chi connectivity index (χ2n) is 3.86. The van der Waals surface area contributed by atoms with Gasteiger partial charge in [0.1, 0.15) is 4.88 Å². The molecule has 1 atom stereocenters. The maximum absolute atomic E-state index is 10.9. The zero-order chi connectivity index (χ0) is 13.1. The molecule has 2 aromatic rings. The summed E-state index contributed by atoms with van der Waals surface area (Å²) in [5.41, 5.74) is 0.835. The quantitative estimate of drug-likeness (QED) is 0.739. The summed E-state index contributed by atoms with van der Waals surface area (Å²) in [6.07, 6.45) is -0.598. The van der Waals surface area contributed by atoms with Crippen molar-refractivity contribution in [3.05, 3.63) is 29.1 Å². The highest BCUT2D eigenvalue weighted by molar-refractivity contribution is 7.20. The van der Waals surface area contributed by atoms with E-state index in [0.717, 1.165) is 15.8 Å². The third kappa shape index (κ3) is 2.93. The van der Waals surface area contributed by atoms with Gasteiger partial charge in [0.2, 0.25) is 0 Å². The van der Waals surface area contributed by atoms with Gasteiger partial charge < -0.3 is 15.5 Å². The number of hydrogen-bond acceptors (Lipinski definition) is 4. The van der Waals surface area contributed by atoms with E-state index in [4.69, 9.17) is 16.7 Å². The third-order valence-electron chi connectivity index (χ3n) is 2.45. The fraction of sp³-hybridized carbons (Fsp3) is 0.250. The van der Waals surface area contributed by atoms with E-state index in [0.29, 0.717) is 11.4 Å². The van der Waals surface area contributed by atoms with Crippen molar-refractivity contribution in [2.45, 2.75) is 6.10 Å². The standard InChI is InChI=1S/C12H12ClNO3S/c13-5-9(15)6-14-8-1-2-10-7(3-8)4-11(18-10)12(16)17/h1-4,9,14-15H,5-6H2,(H,16,17). The maximum Gasteiger partial charge on any atom is 0.345 e. The van der Waals surface area contributed by atoms with Crippen LogP contribution in [-0.2, 0) is 0 Å². The number of rotatable bonds is 5. The van der Waals surface area contributed by atoms with Gasteiger partial charge in [0.15, 0.2) is 0 Å². The Balaban J connectivity index is 2.19. The van der Waals surface area contributed by atoms with Crippen molar-refractivity contribution in [2.24, 2.45) is 0 Å². The monoisotopic (exact) mass is 285 g/mol. The van der Waals surface area contributed by atoms with Crippen molar-refractivity contribution in [3.63, 3.8) is 0 Å². The number of fused-ring (bicyclic) bond motifs is 1. The molecule has 1 unspecified atom stereocenters. The first-order chi connectivity index (χ1) is 8.60. The summed E-state index contributed by atoms with van der Waals surface area (Å²) in [7, 11) is 0. The van der Waals surface area contributed by atoms with Crippen molar-refractivity contribution in [3.8, 4) is 0 Å². The van der Waals surface area contributed by atoms with Gasteiger partial charge in [0.25, 0.3) is 0 Å². The van der Waals surface area contributed by atoms with Gasteiger partial charge >= 0.3 is 5.97 Å². The summed E-state index contributed by atoms with van der Waals surface area (Å²) in [5.74, 6) is -0.736. The normalized spacial score (nSPS) is 12.6. The summed E-state index contributed by atoms with van der Waals surface area (Å²) in [4.78, 5) is 11.2. The Labute approximate surface area is 113 Å². The van der Waals surface area contributed by atoms with Crippen LogP contribution >= 0.6 is 22.9 Å². The number of carbonyl (C=O) groups is 1. The van der Waals surface area contributed by atoms with Crippen LogP contribution in [-0.4, -0.2) is 34.7 Å². The summed E-state index contributed by atoms with van der Waals surface area (Å²) < 4.78 is 0.927. The van der Waals surface area contributed by atoms with Gasteiger partial charge in [-0.3, -0.25) is 0 Å². The van der Waals surface area contributed by atoms with Gasteiger partial charge in [-0.15, -0.1) is 22.9 Å². The number of aromatic carboxylic acids is 1. The van der Waals surface area contributed by atoms with Gasteiger partial charge in [-0.05, 0) is 29.7 Å². The van der Waals surface area contributed by atoms with Crippen LogP contribution in [0.25, 0.3) is 10.1 Å².